The number of aromatic nitrogens is 1. The first-order valence-corrected chi connectivity index (χ1v) is 8.72. The first-order valence-electron chi connectivity index (χ1n) is 8.72. The van der Waals surface area contributed by atoms with Gasteiger partial charge in [-0.2, -0.15) is 0 Å². The normalized spacial score (nSPS) is 16.7. The van der Waals surface area contributed by atoms with Gasteiger partial charge in [-0.25, -0.2) is 0 Å². The summed E-state index contributed by atoms with van der Waals surface area (Å²) in [5, 5.41) is 0. The molecule has 0 spiro atoms. The van der Waals surface area contributed by atoms with Crippen LogP contribution in [0.2, 0.25) is 0 Å². The van der Waals surface area contributed by atoms with Crippen molar-refractivity contribution in [2.24, 2.45) is 0 Å². The van der Waals surface area contributed by atoms with Gasteiger partial charge in [0.2, 0.25) is 5.91 Å². The van der Waals surface area contributed by atoms with Crippen molar-refractivity contribution in [1.29, 1.82) is 0 Å². The minimum atomic E-state index is -0.107. The molecule has 0 unspecified atom stereocenters. The maximum absolute atomic E-state index is 12.9. The summed E-state index contributed by atoms with van der Waals surface area (Å²) in [5.41, 5.74) is 4.20. The third kappa shape index (κ3) is 3.06. The van der Waals surface area contributed by atoms with Gasteiger partial charge in [-0.1, -0.05) is 24.3 Å². The highest BCUT2D eigenvalue weighted by Crippen LogP contribution is 2.34. The summed E-state index contributed by atoms with van der Waals surface area (Å²) in [7, 11) is 1.65. The highest BCUT2D eigenvalue weighted by molar-refractivity contribution is 6.00. The fraction of sp³-hybridized carbons (Fsp3) is 0.182. The topological polar surface area (TPSA) is 42.4 Å². The van der Waals surface area contributed by atoms with Crippen LogP contribution in [0.4, 0.5) is 5.69 Å². The van der Waals surface area contributed by atoms with E-state index in [1.165, 1.54) is 0 Å². The van der Waals surface area contributed by atoms with Crippen LogP contribution in [0.1, 0.15) is 17.9 Å². The molecule has 0 bridgehead atoms. The number of methoxy groups -OCH3 is 1. The number of nitrogens with zero attached hydrogens (tertiary/aromatic N) is 2. The number of anilines is 1. The third-order valence-electron chi connectivity index (χ3n) is 4.89. The molecule has 0 radical (unpaired) electrons. The molecule has 2 aromatic carbocycles. The molecule has 1 aliphatic heterocycles. The van der Waals surface area contributed by atoms with Gasteiger partial charge in [-0.15, -0.1) is 0 Å². The Morgan fingerprint density at radius 1 is 1.00 bits per heavy atom. The molecule has 1 amide bonds. The Morgan fingerprint density at radius 2 is 1.73 bits per heavy atom. The van der Waals surface area contributed by atoms with Gasteiger partial charge in [0.1, 0.15) is 5.75 Å². The summed E-state index contributed by atoms with van der Waals surface area (Å²) in [6.07, 6.45) is 4.38. The Kier molecular flexibility index (Phi) is 4.40. The SMILES string of the molecule is COc1cccc([C@H]2CCN(c3ccc(-c4ccncc4)cc3)C2=O)c1. The Morgan fingerprint density at radius 3 is 2.46 bits per heavy atom. The number of ether oxygens (including phenoxy) is 1. The van der Waals surface area contributed by atoms with E-state index < -0.39 is 0 Å². The van der Waals surface area contributed by atoms with Crippen LogP contribution in [0.15, 0.2) is 73.1 Å². The average molecular weight is 344 g/mol. The standard InChI is InChI=1S/C22H20N2O2/c1-26-20-4-2-3-18(15-20)21-11-14-24(22(21)25)19-7-5-16(6-8-19)17-9-12-23-13-10-17/h2-10,12-13,15,21H,11,14H2,1H3/t21-/m1/s1. The van der Waals surface area contributed by atoms with Crippen molar-refractivity contribution in [1.82, 2.24) is 4.98 Å². The Bertz CT molecular complexity index is 907. The predicted molar refractivity (Wildman–Crippen MR) is 102 cm³/mol. The molecule has 1 saturated heterocycles. The van der Waals surface area contributed by atoms with E-state index in [2.05, 4.69) is 17.1 Å². The second-order valence-electron chi connectivity index (χ2n) is 6.39. The maximum Gasteiger partial charge on any atom is 0.234 e. The van der Waals surface area contributed by atoms with E-state index in [-0.39, 0.29) is 11.8 Å². The molecule has 0 N–H and O–H groups in total. The number of pyridine rings is 1. The predicted octanol–water partition coefficient (Wildman–Crippen LogP) is 4.28. The number of carbonyl (C=O) groups excluding carboxylic acids is 1. The quantitative estimate of drug-likeness (QED) is 0.709. The Labute approximate surface area is 153 Å². The van der Waals surface area contributed by atoms with Gasteiger partial charge in [0, 0.05) is 24.6 Å². The minimum absolute atomic E-state index is 0.107. The highest BCUT2D eigenvalue weighted by atomic mass is 16.5. The van der Waals surface area contributed by atoms with Crippen molar-refractivity contribution in [3.63, 3.8) is 0 Å². The first-order chi connectivity index (χ1) is 12.8. The molecular weight excluding hydrogens is 324 g/mol. The van der Waals surface area contributed by atoms with E-state index in [0.717, 1.165) is 41.1 Å². The molecule has 1 aromatic heterocycles. The molecule has 1 fully saturated rings. The molecule has 1 atom stereocenters. The summed E-state index contributed by atoms with van der Waals surface area (Å²) < 4.78 is 5.29. The second kappa shape index (κ2) is 7.00. The van der Waals surface area contributed by atoms with Crippen molar-refractivity contribution in [3.05, 3.63) is 78.6 Å². The number of hydrogen-bond donors (Lipinski definition) is 0. The van der Waals surface area contributed by atoms with Crippen molar-refractivity contribution in [3.8, 4) is 16.9 Å². The van der Waals surface area contributed by atoms with Crippen LogP contribution >= 0.6 is 0 Å². The maximum atomic E-state index is 12.9. The fourth-order valence-electron chi connectivity index (χ4n) is 3.48. The Balaban J connectivity index is 1.55. The van der Waals surface area contributed by atoms with E-state index in [0.29, 0.717) is 0 Å². The Hall–Kier alpha value is -3.14. The fourth-order valence-corrected chi connectivity index (χ4v) is 3.48. The summed E-state index contributed by atoms with van der Waals surface area (Å²) in [6.45, 7) is 0.731. The molecule has 0 saturated carbocycles. The van der Waals surface area contributed by atoms with E-state index in [9.17, 15) is 4.79 Å². The number of rotatable bonds is 4. The molecule has 2 heterocycles. The molecule has 0 aliphatic carbocycles. The monoisotopic (exact) mass is 344 g/mol. The van der Waals surface area contributed by atoms with Crippen molar-refractivity contribution in [2.45, 2.75) is 12.3 Å². The number of hydrogen-bond acceptors (Lipinski definition) is 3. The highest BCUT2D eigenvalue weighted by Gasteiger charge is 2.33. The van der Waals surface area contributed by atoms with Crippen LogP contribution < -0.4 is 9.64 Å². The largest absolute Gasteiger partial charge is 0.497 e. The molecular formula is C22H20N2O2. The van der Waals surface area contributed by atoms with Crippen molar-refractivity contribution >= 4 is 11.6 Å². The zero-order valence-corrected chi connectivity index (χ0v) is 14.6. The lowest BCUT2D eigenvalue weighted by Gasteiger charge is -2.18. The number of amides is 1. The van der Waals surface area contributed by atoms with E-state index in [1.807, 2.05) is 53.4 Å². The van der Waals surface area contributed by atoms with Crippen LogP contribution in [0.3, 0.4) is 0 Å². The zero-order chi connectivity index (χ0) is 17.9. The summed E-state index contributed by atoms with van der Waals surface area (Å²) in [5.74, 6) is 0.829. The van der Waals surface area contributed by atoms with Gasteiger partial charge in [0.25, 0.3) is 0 Å². The van der Waals surface area contributed by atoms with E-state index >= 15 is 0 Å². The van der Waals surface area contributed by atoms with Gasteiger partial charge in [-0.3, -0.25) is 9.78 Å². The molecule has 4 heteroatoms. The number of benzene rings is 2. The lowest BCUT2D eigenvalue weighted by atomic mass is 9.97. The van der Waals surface area contributed by atoms with Crippen LogP contribution in [0, 0.1) is 0 Å². The van der Waals surface area contributed by atoms with Gasteiger partial charge < -0.3 is 9.64 Å². The molecule has 4 rings (SSSR count). The van der Waals surface area contributed by atoms with Crippen LogP contribution in [-0.4, -0.2) is 24.5 Å². The molecule has 3 aromatic rings. The van der Waals surface area contributed by atoms with Gasteiger partial charge in [-0.05, 0) is 59.5 Å². The molecule has 130 valence electrons. The second-order valence-corrected chi connectivity index (χ2v) is 6.39. The summed E-state index contributed by atoms with van der Waals surface area (Å²) >= 11 is 0. The van der Waals surface area contributed by atoms with Crippen molar-refractivity contribution in [2.75, 3.05) is 18.6 Å². The van der Waals surface area contributed by atoms with E-state index in [1.54, 1.807) is 19.5 Å². The van der Waals surface area contributed by atoms with Gasteiger partial charge in [0.15, 0.2) is 0 Å². The minimum Gasteiger partial charge on any atom is -0.497 e. The summed E-state index contributed by atoms with van der Waals surface area (Å²) in [4.78, 5) is 18.9. The van der Waals surface area contributed by atoms with Gasteiger partial charge >= 0.3 is 0 Å². The van der Waals surface area contributed by atoms with Crippen LogP contribution in [-0.2, 0) is 4.79 Å². The van der Waals surface area contributed by atoms with Crippen LogP contribution in [0.5, 0.6) is 5.75 Å². The van der Waals surface area contributed by atoms with Crippen molar-refractivity contribution < 1.29 is 9.53 Å². The lowest BCUT2D eigenvalue weighted by molar-refractivity contribution is -0.118. The van der Waals surface area contributed by atoms with Crippen LogP contribution in [0.25, 0.3) is 11.1 Å². The lowest BCUT2D eigenvalue weighted by Crippen LogP contribution is -2.26. The molecule has 1 aliphatic rings. The van der Waals surface area contributed by atoms with Gasteiger partial charge in [0.05, 0.1) is 13.0 Å². The third-order valence-corrected chi connectivity index (χ3v) is 4.89. The first kappa shape index (κ1) is 16.3. The molecule has 4 nitrogen and oxygen atoms in total. The smallest absolute Gasteiger partial charge is 0.234 e. The summed E-state index contributed by atoms with van der Waals surface area (Å²) in [6, 6.07) is 19.9. The zero-order valence-electron chi connectivity index (χ0n) is 14.6. The molecule has 26 heavy (non-hydrogen) atoms. The number of carbonyl (C=O) groups is 1. The average Bonchev–Trinajstić information content (AvgIpc) is 3.10. The van der Waals surface area contributed by atoms with E-state index in [4.69, 9.17) is 4.74 Å².